The summed E-state index contributed by atoms with van der Waals surface area (Å²) in [6.45, 7) is 3.90. The Hall–Kier alpha value is -0.570. The first-order valence-electron chi connectivity index (χ1n) is 6.23. The molecular formula is C13H24O3. The molecule has 16 heavy (non-hydrogen) atoms. The second-order valence-corrected chi connectivity index (χ2v) is 5.62. The van der Waals surface area contributed by atoms with Crippen LogP contribution in [0.5, 0.6) is 0 Å². The van der Waals surface area contributed by atoms with E-state index in [2.05, 4.69) is 4.74 Å². The van der Waals surface area contributed by atoms with E-state index in [0.29, 0.717) is 5.92 Å². The van der Waals surface area contributed by atoms with Gasteiger partial charge in [-0.25, -0.2) is 4.79 Å². The molecule has 0 bridgehead atoms. The van der Waals surface area contributed by atoms with Crippen molar-refractivity contribution in [3.05, 3.63) is 0 Å². The molecule has 1 aliphatic rings. The Bertz CT molecular complexity index is 229. The number of aliphatic hydroxyl groups excluding tert-OH is 1. The summed E-state index contributed by atoms with van der Waals surface area (Å²) in [4.78, 5) is 11.3. The molecule has 3 nitrogen and oxygen atoms in total. The molecule has 1 atom stereocenters. The predicted octanol–water partition coefficient (Wildman–Crippen LogP) is 2.52. The lowest BCUT2D eigenvalue weighted by atomic mass is 9.73. The lowest BCUT2D eigenvalue weighted by molar-refractivity contribution is -0.157. The minimum Gasteiger partial charge on any atom is -0.467 e. The predicted molar refractivity (Wildman–Crippen MR) is 63.0 cm³/mol. The van der Waals surface area contributed by atoms with Crippen molar-refractivity contribution >= 4 is 5.97 Å². The van der Waals surface area contributed by atoms with E-state index < -0.39 is 12.1 Å². The monoisotopic (exact) mass is 228 g/mol. The zero-order valence-electron chi connectivity index (χ0n) is 10.7. The number of rotatable bonds is 4. The van der Waals surface area contributed by atoms with Gasteiger partial charge in [0.2, 0.25) is 0 Å². The summed E-state index contributed by atoms with van der Waals surface area (Å²) in [6.07, 6.45) is 6.28. The van der Waals surface area contributed by atoms with E-state index >= 15 is 0 Å². The topological polar surface area (TPSA) is 46.5 Å². The van der Waals surface area contributed by atoms with Gasteiger partial charge in [-0.1, -0.05) is 46.0 Å². The third-order valence-corrected chi connectivity index (χ3v) is 3.70. The van der Waals surface area contributed by atoms with Crippen molar-refractivity contribution in [2.24, 2.45) is 11.3 Å². The molecule has 0 aliphatic heterocycles. The minimum atomic E-state index is -1.00. The molecule has 0 aromatic carbocycles. The van der Waals surface area contributed by atoms with Gasteiger partial charge >= 0.3 is 5.97 Å². The highest BCUT2D eigenvalue weighted by atomic mass is 16.5. The van der Waals surface area contributed by atoms with E-state index in [1.165, 1.54) is 39.2 Å². The van der Waals surface area contributed by atoms with Crippen molar-refractivity contribution in [1.29, 1.82) is 0 Å². The van der Waals surface area contributed by atoms with Gasteiger partial charge < -0.3 is 9.84 Å². The lowest BCUT2D eigenvalue weighted by Gasteiger charge is -2.34. The van der Waals surface area contributed by atoms with E-state index in [-0.39, 0.29) is 5.41 Å². The molecular weight excluding hydrogens is 204 g/mol. The van der Waals surface area contributed by atoms with E-state index in [9.17, 15) is 9.90 Å². The highest BCUT2D eigenvalue weighted by molar-refractivity contribution is 5.75. The van der Waals surface area contributed by atoms with Gasteiger partial charge in [0.15, 0.2) is 6.10 Å². The molecule has 0 spiro atoms. The summed E-state index contributed by atoms with van der Waals surface area (Å²) in [7, 11) is 1.32. The minimum absolute atomic E-state index is 0.380. The van der Waals surface area contributed by atoms with Crippen LogP contribution in [0.3, 0.4) is 0 Å². The van der Waals surface area contributed by atoms with Crippen LogP contribution < -0.4 is 0 Å². The molecule has 0 heterocycles. The quantitative estimate of drug-likeness (QED) is 0.752. The molecule has 1 aliphatic carbocycles. The first-order valence-corrected chi connectivity index (χ1v) is 6.23. The second kappa shape index (κ2) is 5.67. The number of hydrogen-bond acceptors (Lipinski definition) is 3. The SMILES string of the molecule is COC(=O)C(O)C(C)(C)CC1CCCCC1. The number of esters is 1. The molecule has 0 saturated heterocycles. The van der Waals surface area contributed by atoms with Crippen molar-refractivity contribution < 1.29 is 14.6 Å². The Balaban J connectivity index is 2.51. The van der Waals surface area contributed by atoms with Gasteiger partial charge in [0.1, 0.15) is 0 Å². The summed E-state index contributed by atoms with van der Waals surface area (Å²) in [5.74, 6) is 0.142. The Morgan fingerprint density at radius 2 is 1.94 bits per heavy atom. The average Bonchev–Trinajstić information content (AvgIpc) is 2.27. The number of carbonyl (C=O) groups is 1. The Morgan fingerprint density at radius 1 is 1.38 bits per heavy atom. The van der Waals surface area contributed by atoms with Crippen LogP contribution in [0.2, 0.25) is 0 Å². The Morgan fingerprint density at radius 3 is 2.44 bits per heavy atom. The van der Waals surface area contributed by atoms with Crippen LogP contribution in [0.1, 0.15) is 52.4 Å². The standard InChI is InChI=1S/C13H24O3/c1-13(2,11(14)12(15)16-3)9-10-7-5-4-6-8-10/h10-11,14H,4-9H2,1-3H3. The first-order chi connectivity index (χ1) is 7.47. The Labute approximate surface area is 98.2 Å². The summed E-state index contributed by atoms with van der Waals surface area (Å²) < 4.78 is 4.60. The summed E-state index contributed by atoms with van der Waals surface area (Å²) >= 11 is 0. The Kier molecular flexibility index (Phi) is 4.78. The van der Waals surface area contributed by atoms with Crippen LogP contribution in [-0.2, 0) is 9.53 Å². The van der Waals surface area contributed by atoms with E-state index in [4.69, 9.17) is 0 Å². The van der Waals surface area contributed by atoms with Crippen molar-refractivity contribution in [2.45, 2.75) is 58.5 Å². The molecule has 1 N–H and O–H groups in total. The van der Waals surface area contributed by atoms with Gasteiger partial charge in [-0.15, -0.1) is 0 Å². The molecule has 1 fully saturated rings. The van der Waals surface area contributed by atoms with Crippen molar-refractivity contribution in [2.75, 3.05) is 7.11 Å². The normalized spacial score (nSPS) is 20.5. The molecule has 1 saturated carbocycles. The molecule has 94 valence electrons. The number of aliphatic hydroxyl groups is 1. The van der Waals surface area contributed by atoms with Crippen LogP contribution in [0.25, 0.3) is 0 Å². The van der Waals surface area contributed by atoms with Crippen LogP contribution in [0, 0.1) is 11.3 Å². The van der Waals surface area contributed by atoms with Crippen LogP contribution in [0.4, 0.5) is 0 Å². The number of hydrogen-bond donors (Lipinski definition) is 1. The lowest BCUT2D eigenvalue weighted by Crippen LogP contribution is -2.39. The zero-order valence-corrected chi connectivity index (χ0v) is 10.7. The number of methoxy groups -OCH3 is 1. The molecule has 0 aromatic heterocycles. The number of ether oxygens (including phenoxy) is 1. The van der Waals surface area contributed by atoms with Gasteiger partial charge in [0, 0.05) is 5.41 Å². The van der Waals surface area contributed by atoms with Gasteiger partial charge in [-0.3, -0.25) is 0 Å². The zero-order chi connectivity index (χ0) is 12.2. The summed E-state index contributed by atoms with van der Waals surface area (Å²) in [6, 6.07) is 0. The van der Waals surface area contributed by atoms with Gasteiger partial charge in [-0.2, -0.15) is 0 Å². The van der Waals surface area contributed by atoms with Gasteiger partial charge in [-0.05, 0) is 12.3 Å². The van der Waals surface area contributed by atoms with E-state index in [1.54, 1.807) is 0 Å². The van der Waals surface area contributed by atoms with Gasteiger partial charge in [0.05, 0.1) is 7.11 Å². The maximum Gasteiger partial charge on any atom is 0.335 e. The van der Waals surface area contributed by atoms with Crippen molar-refractivity contribution in [3.8, 4) is 0 Å². The van der Waals surface area contributed by atoms with Crippen molar-refractivity contribution in [1.82, 2.24) is 0 Å². The number of carbonyl (C=O) groups excluding carboxylic acids is 1. The second-order valence-electron chi connectivity index (χ2n) is 5.62. The fraction of sp³-hybridized carbons (Fsp3) is 0.923. The van der Waals surface area contributed by atoms with Crippen LogP contribution in [-0.4, -0.2) is 24.3 Å². The van der Waals surface area contributed by atoms with Crippen LogP contribution in [0.15, 0.2) is 0 Å². The highest BCUT2D eigenvalue weighted by Gasteiger charge is 2.36. The molecule has 1 rings (SSSR count). The largest absolute Gasteiger partial charge is 0.467 e. The van der Waals surface area contributed by atoms with Crippen LogP contribution >= 0.6 is 0 Å². The van der Waals surface area contributed by atoms with Crippen molar-refractivity contribution in [3.63, 3.8) is 0 Å². The summed E-state index contributed by atoms with van der Waals surface area (Å²) in [5.41, 5.74) is -0.380. The highest BCUT2D eigenvalue weighted by Crippen LogP contribution is 2.36. The summed E-state index contributed by atoms with van der Waals surface area (Å²) in [5, 5.41) is 9.90. The average molecular weight is 228 g/mol. The molecule has 0 radical (unpaired) electrons. The molecule has 1 unspecified atom stereocenters. The van der Waals surface area contributed by atoms with Gasteiger partial charge in [0.25, 0.3) is 0 Å². The first kappa shape index (κ1) is 13.5. The third-order valence-electron chi connectivity index (χ3n) is 3.70. The third kappa shape index (κ3) is 3.48. The molecule has 0 aromatic rings. The maximum absolute atomic E-state index is 11.3. The fourth-order valence-electron chi connectivity index (χ4n) is 2.68. The van der Waals surface area contributed by atoms with E-state index in [0.717, 1.165) is 6.42 Å². The van der Waals surface area contributed by atoms with E-state index in [1.807, 2.05) is 13.8 Å². The molecule has 3 heteroatoms. The smallest absolute Gasteiger partial charge is 0.335 e. The molecule has 0 amide bonds. The maximum atomic E-state index is 11.3. The fourth-order valence-corrected chi connectivity index (χ4v) is 2.68.